The lowest BCUT2D eigenvalue weighted by atomic mass is 10.1. The quantitative estimate of drug-likeness (QED) is 0.858. The molecule has 22 heavy (non-hydrogen) atoms. The Balaban J connectivity index is 1.80. The lowest BCUT2D eigenvalue weighted by Crippen LogP contribution is -2.28. The van der Waals surface area contributed by atoms with Crippen LogP contribution in [0.4, 0.5) is 4.39 Å². The Kier molecular flexibility index (Phi) is 5.08. The average molecular weight is 303 g/mol. The van der Waals surface area contributed by atoms with Gasteiger partial charge in [-0.15, -0.1) is 0 Å². The van der Waals surface area contributed by atoms with Crippen LogP contribution in [-0.4, -0.2) is 23.6 Å². The van der Waals surface area contributed by atoms with Gasteiger partial charge in [0.2, 0.25) is 0 Å². The number of nitrogens with one attached hydrogen (secondary N) is 1. The van der Waals surface area contributed by atoms with Gasteiger partial charge in [0.1, 0.15) is 0 Å². The van der Waals surface area contributed by atoms with Crippen molar-refractivity contribution < 1.29 is 23.8 Å². The van der Waals surface area contributed by atoms with Crippen LogP contribution in [0, 0.1) is 5.82 Å². The minimum absolute atomic E-state index is 0.0171. The van der Waals surface area contributed by atoms with Crippen molar-refractivity contribution in [2.45, 2.75) is 6.54 Å². The van der Waals surface area contributed by atoms with Crippen molar-refractivity contribution in [1.82, 2.24) is 5.32 Å². The van der Waals surface area contributed by atoms with Gasteiger partial charge in [-0.2, -0.15) is 0 Å². The molecular formula is C16H14FNO4. The predicted octanol–water partition coefficient (Wildman–Crippen LogP) is 2.22. The zero-order chi connectivity index (χ0) is 15.9. The summed E-state index contributed by atoms with van der Waals surface area (Å²) in [6.45, 7) is -0.0620. The highest BCUT2D eigenvalue weighted by Gasteiger charge is 2.07. The zero-order valence-corrected chi connectivity index (χ0v) is 11.6. The van der Waals surface area contributed by atoms with E-state index in [1.807, 2.05) is 0 Å². The highest BCUT2D eigenvalue weighted by Crippen LogP contribution is 2.14. The predicted molar refractivity (Wildman–Crippen MR) is 77.1 cm³/mol. The third-order valence-electron chi connectivity index (χ3n) is 2.89. The molecule has 1 amide bonds. The van der Waals surface area contributed by atoms with Gasteiger partial charge in [0.15, 0.2) is 18.2 Å². The second-order valence-corrected chi connectivity index (χ2v) is 4.50. The molecule has 0 fully saturated rings. The first-order valence-electron chi connectivity index (χ1n) is 6.52. The van der Waals surface area contributed by atoms with Gasteiger partial charge >= 0.3 is 5.97 Å². The van der Waals surface area contributed by atoms with Gasteiger partial charge in [-0.05, 0) is 29.8 Å². The van der Waals surface area contributed by atoms with Gasteiger partial charge < -0.3 is 15.2 Å². The van der Waals surface area contributed by atoms with Crippen molar-refractivity contribution in [3.8, 4) is 5.75 Å². The molecule has 114 valence electrons. The van der Waals surface area contributed by atoms with Crippen LogP contribution < -0.4 is 10.1 Å². The molecule has 0 aromatic heterocycles. The SMILES string of the molecule is O=C(COc1ccccc1F)NCc1ccc(C(=O)O)cc1. The van der Waals surface area contributed by atoms with Crippen molar-refractivity contribution in [1.29, 1.82) is 0 Å². The van der Waals surface area contributed by atoms with Gasteiger partial charge in [-0.1, -0.05) is 24.3 Å². The van der Waals surface area contributed by atoms with E-state index in [0.29, 0.717) is 0 Å². The molecule has 0 heterocycles. The number of amides is 1. The zero-order valence-electron chi connectivity index (χ0n) is 11.6. The molecule has 0 atom stereocenters. The van der Waals surface area contributed by atoms with Crippen LogP contribution in [0.2, 0.25) is 0 Å². The fourth-order valence-corrected chi connectivity index (χ4v) is 1.72. The van der Waals surface area contributed by atoms with Gasteiger partial charge in [-0.25, -0.2) is 9.18 Å². The summed E-state index contributed by atoms with van der Waals surface area (Å²) in [7, 11) is 0. The smallest absolute Gasteiger partial charge is 0.335 e. The Labute approximate surface area is 126 Å². The van der Waals surface area contributed by atoms with E-state index in [1.54, 1.807) is 18.2 Å². The fraction of sp³-hybridized carbons (Fsp3) is 0.125. The molecule has 2 aromatic rings. The molecule has 0 aliphatic rings. The Morgan fingerprint density at radius 3 is 2.41 bits per heavy atom. The number of carboxylic acid groups (broad SMARTS) is 1. The number of hydrogen-bond donors (Lipinski definition) is 2. The molecule has 0 saturated carbocycles. The van der Waals surface area contributed by atoms with E-state index in [2.05, 4.69) is 5.32 Å². The maximum atomic E-state index is 13.3. The molecular weight excluding hydrogens is 289 g/mol. The molecule has 0 spiro atoms. The number of carbonyl (C=O) groups excluding carboxylic acids is 1. The van der Waals surface area contributed by atoms with Crippen molar-refractivity contribution in [2.75, 3.05) is 6.61 Å². The number of carboxylic acids is 1. The van der Waals surface area contributed by atoms with E-state index < -0.39 is 17.7 Å². The molecule has 2 rings (SSSR count). The molecule has 5 nitrogen and oxygen atoms in total. The maximum absolute atomic E-state index is 13.3. The Morgan fingerprint density at radius 2 is 1.77 bits per heavy atom. The van der Waals surface area contributed by atoms with Crippen molar-refractivity contribution in [3.63, 3.8) is 0 Å². The maximum Gasteiger partial charge on any atom is 0.335 e. The Bertz CT molecular complexity index is 670. The van der Waals surface area contributed by atoms with Gasteiger partial charge in [0, 0.05) is 6.54 Å². The Morgan fingerprint density at radius 1 is 1.09 bits per heavy atom. The molecule has 2 aromatic carbocycles. The number of ether oxygens (including phenoxy) is 1. The second kappa shape index (κ2) is 7.21. The molecule has 0 aliphatic heterocycles. The largest absolute Gasteiger partial charge is 0.481 e. The summed E-state index contributed by atoms with van der Waals surface area (Å²) in [4.78, 5) is 22.3. The van der Waals surface area contributed by atoms with E-state index in [-0.39, 0.29) is 24.5 Å². The first-order valence-corrected chi connectivity index (χ1v) is 6.52. The minimum Gasteiger partial charge on any atom is -0.481 e. The molecule has 0 aliphatic carbocycles. The molecule has 0 bridgehead atoms. The van der Waals surface area contributed by atoms with E-state index in [1.165, 1.54) is 30.3 Å². The van der Waals surface area contributed by atoms with Crippen LogP contribution in [-0.2, 0) is 11.3 Å². The number of aromatic carboxylic acids is 1. The fourth-order valence-electron chi connectivity index (χ4n) is 1.72. The second-order valence-electron chi connectivity index (χ2n) is 4.50. The summed E-state index contributed by atoms with van der Waals surface area (Å²) in [6, 6.07) is 12.0. The van der Waals surface area contributed by atoms with Gasteiger partial charge in [0.25, 0.3) is 5.91 Å². The topological polar surface area (TPSA) is 75.6 Å². The van der Waals surface area contributed by atoms with Crippen molar-refractivity contribution in [3.05, 3.63) is 65.5 Å². The van der Waals surface area contributed by atoms with Crippen LogP contribution in [0.25, 0.3) is 0 Å². The number of rotatable bonds is 6. The molecule has 2 N–H and O–H groups in total. The summed E-state index contributed by atoms with van der Waals surface area (Å²) in [6.07, 6.45) is 0. The lowest BCUT2D eigenvalue weighted by Gasteiger charge is -2.08. The normalized spacial score (nSPS) is 10.0. The average Bonchev–Trinajstić information content (AvgIpc) is 2.52. The number of hydrogen-bond acceptors (Lipinski definition) is 3. The molecule has 6 heteroatoms. The van der Waals surface area contributed by atoms with E-state index >= 15 is 0 Å². The van der Waals surface area contributed by atoms with Gasteiger partial charge in [-0.3, -0.25) is 4.79 Å². The number of halogens is 1. The first-order chi connectivity index (χ1) is 10.6. The number of para-hydroxylation sites is 1. The third kappa shape index (κ3) is 4.31. The van der Waals surface area contributed by atoms with E-state index in [9.17, 15) is 14.0 Å². The van der Waals surface area contributed by atoms with Gasteiger partial charge in [0.05, 0.1) is 5.56 Å². The molecule has 0 radical (unpaired) electrons. The molecule has 0 saturated heterocycles. The van der Waals surface area contributed by atoms with Crippen molar-refractivity contribution >= 4 is 11.9 Å². The minimum atomic E-state index is -1.01. The molecule has 0 unspecified atom stereocenters. The highest BCUT2D eigenvalue weighted by molar-refractivity contribution is 5.87. The summed E-state index contributed by atoms with van der Waals surface area (Å²) in [5, 5.41) is 11.4. The summed E-state index contributed by atoms with van der Waals surface area (Å²) in [5.74, 6) is -1.91. The number of benzene rings is 2. The van der Waals surface area contributed by atoms with Crippen molar-refractivity contribution in [2.24, 2.45) is 0 Å². The highest BCUT2D eigenvalue weighted by atomic mass is 19.1. The van der Waals surface area contributed by atoms with Crippen LogP contribution in [0.5, 0.6) is 5.75 Å². The number of carbonyl (C=O) groups is 2. The lowest BCUT2D eigenvalue weighted by molar-refractivity contribution is -0.123. The summed E-state index contributed by atoms with van der Waals surface area (Å²) >= 11 is 0. The van der Waals surface area contributed by atoms with Crippen LogP contribution >= 0.6 is 0 Å². The Hall–Kier alpha value is -2.89. The van der Waals surface area contributed by atoms with Crippen LogP contribution in [0.3, 0.4) is 0 Å². The third-order valence-corrected chi connectivity index (χ3v) is 2.89. The standard InChI is InChI=1S/C16H14FNO4/c17-13-3-1-2-4-14(13)22-10-15(19)18-9-11-5-7-12(8-6-11)16(20)21/h1-8H,9-10H2,(H,18,19)(H,20,21). The van der Waals surface area contributed by atoms with Crippen LogP contribution in [0.15, 0.2) is 48.5 Å². The van der Waals surface area contributed by atoms with E-state index in [4.69, 9.17) is 9.84 Å². The summed E-state index contributed by atoms with van der Waals surface area (Å²) in [5.41, 5.74) is 0.933. The monoisotopic (exact) mass is 303 g/mol. The summed E-state index contributed by atoms with van der Waals surface area (Å²) < 4.78 is 18.4. The van der Waals surface area contributed by atoms with Crippen LogP contribution in [0.1, 0.15) is 15.9 Å². The van der Waals surface area contributed by atoms with E-state index in [0.717, 1.165) is 5.56 Å². The first kappa shape index (κ1) is 15.5.